The third kappa shape index (κ3) is 1.59. The van der Waals surface area contributed by atoms with Gasteiger partial charge in [-0.05, 0) is 26.1 Å². The summed E-state index contributed by atoms with van der Waals surface area (Å²) in [7, 11) is 1.92. The molecule has 1 N–H and O–H groups in total. The Kier molecular flexibility index (Phi) is 2.41. The van der Waals surface area contributed by atoms with Crippen LogP contribution in [-0.4, -0.2) is 17.0 Å². The standard InChI is InChI=1S/C11H13N3/c1-8(12-2)11-7-13-9-5-3-4-6-10(9)14-11/h3-8,12H,1-2H3. The van der Waals surface area contributed by atoms with Crippen LogP contribution in [0.5, 0.6) is 0 Å². The average Bonchev–Trinajstić information content (AvgIpc) is 2.27. The molecule has 1 heterocycles. The van der Waals surface area contributed by atoms with Crippen LogP contribution in [0, 0.1) is 0 Å². The van der Waals surface area contributed by atoms with Gasteiger partial charge in [-0.2, -0.15) is 0 Å². The Morgan fingerprint density at radius 2 is 1.93 bits per heavy atom. The summed E-state index contributed by atoms with van der Waals surface area (Å²) in [5.41, 5.74) is 2.87. The molecule has 2 aromatic rings. The van der Waals surface area contributed by atoms with E-state index in [4.69, 9.17) is 0 Å². The van der Waals surface area contributed by atoms with Crippen molar-refractivity contribution in [2.75, 3.05) is 7.05 Å². The van der Waals surface area contributed by atoms with E-state index < -0.39 is 0 Å². The first-order valence-corrected chi connectivity index (χ1v) is 4.70. The van der Waals surface area contributed by atoms with Crippen LogP contribution in [0.1, 0.15) is 18.7 Å². The minimum atomic E-state index is 0.243. The lowest BCUT2D eigenvalue weighted by atomic mass is 10.2. The van der Waals surface area contributed by atoms with Crippen molar-refractivity contribution in [3.63, 3.8) is 0 Å². The maximum atomic E-state index is 4.52. The SMILES string of the molecule is CNC(C)c1cnc2ccccc2n1. The highest BCUT2D eigenvalue weighted by Gasteiger charge is 2.04. The Hall–Kier alpha value is -1.48. The first-order chi connectivity index (χ1) is 6.81. The highest BCUT2D eigenvalue weighted by Crippen LogP contribution is 2.12. The van der Waals surface area contributed by atoms with Gasteiger partial charge in [-0.15, -0.1) is 0 Å². The summed E-state index contributed by atoms with van der Waals surface area (Å²) in [6.07, 6.45) is 1.82. The van der Waals surface area contributed by atoms with Crippen molar-refractivity contribution in [3.05, 3.63) is 36.2 Å². The minimum Gasteiger partial charge on any atom is -0.312 e. The molecular formula is C11H13N3. The zero-order valence-electron chi connectivity index (χ0n) is 8.36. The fraction of sp³-hybridized carbons (Fsp3) is 0.273. The molecule has 0 saturated carbocycles. The molecule has 14 heavy (non-hydrogen) atoms. The molecule has 1 aromatic carbocycles. The van der Waals surface area contributed by atoms with E-state index >= 15 is 0 Å². The summed E-state index contributed by atoms with van der Waals surface area (Å²) in [6, 6.07) is 8.14. The van der Waals surface area contributed by atoms with E-state index in [1.165, 1.54) is 0 Å². The van der Waals surface area contributed by atoms with Crippen LogP contribution in [0.2, 0.25) is 0 Å². The van der Waals surface area contributed by atoms with Crippen molar-refractivity contribution in [3.8, 4) is 0 Å². The summed E-state index contributed by atoms with van der Waals surface area (Å²) < 4.78 is 0. The molecule has 3 heteroatoms. The van der Waals surface area contributed by atoms with Gasteiger partial charge in [0.15, 0.2) is 0 Å². The third-order valence-corrected chi connectivity index (χ3v) is 2.34. The Balaban J connectivity index is 2.51. The van der Waals surface area contributed by atoms with Crippen molar-refractivity contribution >= 4 is 11.0 Å². The maximum absolute atomic E-state index is 4.52. The van der Waals surface area contributed by atoms with Crippen molar-refractivity contribution in [1.82, 2.24) is 15.3 Å². The first-order valence-electron chi connectivity index (χ1n) is 4.70. The number of rotatable bonds is 2. The molecule has 0 aliphatic heterocycles. The van der Waals surface area contributed by atoms with Crippen LogP contribution in [-0.2, 0) is 0 Å². The van der Waals surface area contributed by atoms with Crippen LogP contribution in [0.25, 0.3) is 11.0 Å². The van der Waals surface area contributed by atoms with Crippen LogP contribution < -0.4 is 5.32 Å². The minimum absolute atomic E-state index is 0.243. The van der Waals surface area contributed by atoms with Crippen molar-refractivity contribution in [2.24, 2.45) is 0 Å². The quantitative estimate of drug-likeness (QED) is 0.780. The summed E-state index contributed by atoms with van der Waals surface area (Å²) in [5, 5.41) is 3.14. The number of nitrogens with zero attached hydrogens (tertiary/aromatic N) is 2. The normalized spacial score (nSPS) is 13.0. The summed E-state index contributed by atoms with van der Waals surface area (Å²) >= 11 is 0. The second-order valence-electron chi connectivity index (χ2n) is 3.29. The topological polar surface area (TPSA) is 37.8 Å². The van der Waals surface area contributed by atoms with E-state index in [0.717, 1.165) is 16.7 Å². The molecule has 0 spiro atoms. The number of benzene rings is 1. The van der Waals surface area contributed by atoms with Gasteiger partial charge in [-0.25, -0.2) is 4.98 Å². The lowest BCUT2D eigenvalue weighted by Gasteiger charge is -2.09. The fourth-order valence-electron chi connectivity index (χ4n) is 1.33. The lowest BCUT2D eigenvalue weighted by molar-refractivity contribution is 0.632. The molecule has 1 aromatic heterocycles. The monoisotopic (exact) mass is 187 g/mol. The third-order valence-electron chi connectivity index (χ3n) is 2.34. The Morgan fingerprint density at radius 3 is 2.64 bits per heavy atom. The van der Waals surface area contributed by atoms with E-state index in [-0.39, 0.29) is 6.04 Å². The average molecular weight is 187 g/mol. The predicted molar refractivity (Wildman–Crippen MR) is 57.0 cm³/mol. The number of fused-ring (bicyclic) bond motifs is 1. The molecule has 3 nitrogen and oxygen atoms in total. The predicted octanol–water partition coefficient (Wildman–Crippen LogP) is 1.91. The molecule has 0 radical (unpaired) electrons. The van der Waals surface area contributed by atoms with Gasteiger partial charge in [0.1, 0.15) is 0 Å². The zero-order chi connectivity index (χ0) is 9.97. The van der Waals surface area contributed by atoms with E-state index in [1.54, 1.807) is 0 Å². The maximum Gasteiger partial charge on any atom is 0.0890 e. The van der Waals surface area contributed by atoms with Crippen LogP contribution in [0.15, 0.2) is 30.5 Å². The molecule has 0 bridgehead atoms. The van der Waals surface area contributed by atoms with Gasteiger partial charge in [0, 0.05) is 6.04 Å². The summed E-state index contributed by atoms with van der Waals surface area (Å²) in [4.78, 5) is 8.87. The molecule has 0 aliphatic carbocycles. The van der Waals surface area contributed by atoms with Crippen molar-refractivity contribution in [2.45, 2.75) is 13.0 Å². The van der Waals surface area contributed by atoms with E-state index in [0.29, 0.717) is 0 Å². The second-order valence-corrected chi connectivity index (χ2v) is 3.29. The Labute approximate surface area is 83.2 Å². The van der Waals surface area contributed by atoms with E-state index in [1.807, 2.05) is 37.5 Å². The van der Waals surface area contributed by atoms with Gasteiger partial charge in [-0.3, -0.25) is 4.98 Å². The van der Waals surface area contributed by atoms with Gasteiger partial charge in [0.05, 0.1) is 22.9 Å². The summed E-state index contributed by atoms with van der Waals surface area (Å²) in [5.74, 6) is 0. The van der Waals surface area contributed by atoms with Gasteiger partial charge >= 0.3 is 0 Å². The molecule has 2 rings (SSSR count). The van der Waals surface area contributed by atoms with E-state index in [2.05, 4.69) is 22.2 Å². The molecular weight excluding hydrogens is 174 g/mol. The number of hydrogen-bond acceptors (Lipinski definition) is 3. The van der Waals surface area contributed by atoms with Crippen LogP contribution in [0.4, 0.5) is 0 Å². The largest absolute Gasteiger partial charge is 0.312 e. The molecule has 72 valence electrons. The van der Waals surface area contributed by atoms with E-state index in [9.17, 15) is 0 Å². The zero-order valence-corrected chi connectivity index (χ0v) is 8.36. The Morgan fingerprint density at radius 1 is 1.21 bits per heavy atom. The molecule has 1 atom stereocenters. The molecule has 1 unspecified atom stereocenters. The van der Waals surface area contributed by atoms with Gasteiger partial charge < -0.3 is 5.32 Å². The first kappa shape index (κ1) is 9.09. The highest BCUT2D eigenvalue weighted by atomic mass is 14.9. The number of aromatic nitrogens is 2. The lowest BCUT2D eigenvalue weighted by Crippen LogP contribution is -2.14. The number of para-hydroxylation sites is 2. The highest BCUT2D eigenvalue weighted by molar-refractivity contribution is 5.73. The van der Waals surface area contributed by atoms with Crippen molar-refractivity contribution < 1.29 is 0 Å². The Bertz CT molecular complexity index is 439. The number of nitrogens with one attached hydrogen (secondary N) is 1. The number of hydrogen-bond donors (Lipinski definition) is 1. The van der Waals surface area contributed by atoms with Crippen LogP contribution >= 0.6 is 0 Å². The van der Waals surface area contributed by atoms with Gasteiger partial charge in [0.2, 0.25) is 0 Å². The molecule has 0 amide bonds. The fourth-order valence-corrected chi connectivity index (χ4v) is 1.33. The van der Waals surface area contributed by atoms with Gasteiger partial charge in [0.25, 0.3) is 0 Å². The molecule has 0 fully saturated rings. The molecule has 0 saturated heterocycles. The summed E-state index contributed by atoms with van der Waals surface area (Å²) in [6.45, 7) is 2.07. The smallest absolute Gasteiger partial charge is 0.0890 e. The second kappa shape index (κ2) is 3.72. The molecule has 0 aliphatic rings. The van der Waals surface area contributed by atoms with Crippen molar-refractivity contribution in [1.29, 1.82) is 0 Å². The van der Waals surface area contributed by atoms with Crippen LogP contribution in [0.3, 0.4) is 0 Å². The van der Waals surface area contributed by atoms with Gasteiger partial charge in [-0.1, -0.05) is 12.1 Å².